The number of aryl methyl sites for hydroxylation is 1. The highest BCUT2D eigenvalue weighted by molar-refractivity contribution is 7.86. The van der Waals surface area contributed by atoms with E-state index in [0.29, 0.717) is 0 Å². The molecule has 1 aromatic carbocycles. The minimum absolute atomic E-state index is 0.00709. The zero-order chi connectivity index (χ0) is 16.5. The van der Waals surface area contributed by atoms with E-state index in [1.165, 1.54) is 19.2 Å². The molecule has 3 N–H and O–H groups in total. The smallest absolute Gasteiger partial charge is 0.297 e. The molecule has 0 saturated carbocycles. The largest absolute Gasteiger partial charge is 0.388 e. The minimum Gasteiger partial charge on any atom is -0.388 e. The summed E-state index contributed by atoms with van der Waals surface area (Å²) in [5, 5.41) is 10.2. The Bertz CT molecular complexity index is 600. The number of benzene rings is 1. The van der Waals surface area contributed by atoms with Crippen LogP contribution in [0.15, 0.2) is 29.2 Å². The van der Waals surface area contributed by atoms with Crippen LogP contribution in [-0.4, -0.2) is 51.3 Å². The van der Waals surface area contributed by atoms with Crippen molar-refractivity contribution < 1.29 is 27.2 Å². The van der Waals surface area contributed by atoms with Crippen molar-refractivity contribution in [3.63, 3.8) is 0 Å². The third-order valence-corrected chi connectivity index (χ3v) is 4.99. The first kappa shape index (κ1) is 17.3. The number of hydrogen-bond acceptors (Lipinski definition) is 7. The van der Waals surface area contributed by atoms with Gasteiger partial charge in [-0.15, -0.1) is 0 Å². The predicted molar refractivity (Wildman–Crippen MR) is 78.6 cm³/mol. The van der Waals surface area contributed by atoms with Crippen LogP contribution in [0.1, 0.15) is 12.5 Å². The number of rotatable bonds is 4. The van der Waals surface area contributed by atoms with Crippen molar-refractivity contribution >= 4 is 10.1 Å². The van der Waals surface area contributed by atoms with E-state index in [-0.39, 0.29) is 4.90 Å². The Morgan fingerprint density at radius 3 is 2.41 bits per heavy atom. The lowest BCUT2D eigenvalue weighted by molar-refractivity contribution is -0.252. The van der Waals surface area contributed by atoms with Gasteiger partial charge in [0, 0.05) is 7.11 Å². The second-order valence-corrected chi connectivity index (χ2v) is 6.91. The molecule has 0 aromatic heterocycles. The van der Waals surface area contributed by atoms with Gasteiger partial charge in [-0.25, -0.2) is 0 Å². The van der Waals surface area contributed by atoms with Crippen LogP contribution in [0.3, 0.4) is 0 Å². The maximum atomic E-state index is 12.3. The Morgan fingerprint density at radius 1 is 1.27 bits per heavy atom. The standard InChI is InChI=1S/C14H21NO6S/c1-8-4-6-10(7-5-8)22(17,18)21-13-12(16)11(15)9(2)20-14(13)19-3/h4-7,9,11-14,16H,15H2,1-3H3. The Hall–Kier alpha value is -1.03. The second kappa shape index (κ2) is 6.61. The van der Waals surface area contributed by atoms with Crippen molar-refractivity contribution in [2.24, 2.45) is 5.73 Å². The number of hydrogen-bond donors (Lipinski definition) is 2. The highest BCUT2D eigenvalue weighted by Crippen LogP contribution is 2.26. The molecule has 22 heavy (non-hydrogen) atoms. The first-order valence-corrected chi connectivity index (χ1v) is 8.29. The number of ether oxygens (including phenoxy) is 2. The van der Waals surface area contributed by atoms with Crippen molar-refractivity contribution in [3.05, 3.63) is 29.8 Å². The summed E-state index contributed by atoms with van der Waals surface area (Å²) in [7, 11) is -2.73. The highest BCUT2D eigenvalue weighted by atomic mass is 32.2. The highest BCUT2D eigenvalue weighted by Gasteiger charge is 2.45. The average Bonchev–Trinajstić information content (AvgIpc) is 2.48. The fourth-order valence-electron chi connectivity index (χ4n) is 2.24. The second-order valence-electron chi connectivity index (χ2n) is 5.34. The van der Waals surface area contributed by atoms with Crippen molar-refractivity contribution in [2.45, 2.75) is 49.4 Å². The van der Waals surface area contributed by atoms with E-state index >= 15 is 0 Å². The maximum Gasteiger partial charge on any atom is 0.297 e. The zero-order valence-corrected chi connectivity index (χ0v) is 13.5. The molecule has 0 radical (unpaired) electrons. The van der Waals surface area contributed by atoms with Gasteiger partial charge in [0.05, 0.1) is 17.0 Å². The average molecular weight is 331 g/mol. The molecule has 2 rings (SSSR count). The lowest BCUT2D eigenvalue weighted by Crippen LogP contribution is -2.61. The summed E-state index contributed by atoms with van der Waals surface area (Å²) in [5.41, 5.74) is 6.72. The molecule has 8 heteroatoms. The molecular formula is C14H21NO6S. The Labute approximate surface area is 130 Å². The lowest BCUT2D eigenvalue weighted by atomic mass is 9.98. The van der Waals surface area contributed by atoms with Crippen LogP contribution in [0.4, 0.5) is 0 Å². The van der Waals surface area contributed by atoms with E-state index < -0.39 is 40.8 Å². The van der Waals surface area contributed by atoms with Gasteiger partial charge in [-0.3, -0.25) is 4.18 Å². The van der Waals surface area contributed by atoms with Crippen LogP contribution in [0.5, 0.6) is 0 Å². The van der Waals surface area contributed by atoms with Gasteiger partial charge in [-0.2, -0.15) is 8.42 Å². The SMILES string of the molecule is COC1OC(C)C(N)C(O)C1OS(=O)(=O)c1ccc(C)cc1. The molecule has 5 unspecified atom stereocenters. The van der Waals surface area contributed by atoms with Crippen molar-refractivity contribution in [1.82, 2.24) is 0 Å². The van der Waals surface area contributed by atoms with Crippen LogP contribution in [0.2, 0.25) is 0 Å². The third-order valence-electron chi connectivity index (χ3n) is 3.67. The number of aliphatic hydroxyl groups excluding tert-OH is 1. The van der Waals surface area contributed by atoms with Crippen molar-refractivity contribution in [2.75, 3.05) is 7.11 Å². The summed E-state index contributed by atoms with van der Waals surface area (Å²) in [4.78, 5) is -0.00709. The van der Waals surface area contributed by atoms with E-state index in [2.05, 4.69) is 0 Å². The summed E-state index contributed by atoms with van der Waals surface area (Å²) in [6, 6.07) is 5.41. The molecule has 0 bridgehead atoms. The first-order chi connectivity index (χ1) is 10.3. The quantitative estimate of drug-likeness (QED) is 0.756. The van der Waals surface area contributed by atoms with Gasteiger partial charge in [-0.1, -0.05) is 17.7 Å². The van der Waals surface area contributed by atoms with Crippen LogP contribution in [0, 0.1) is 6.92 Å². The topological polar surface area (TPSA) is 108 Å². The monoisotopic (exact) mass is 331 g/mol. The molecular weight excluding hydrogens is 310 g/mol. The molecule has 1 saturated heterocycles. The normalized spacial score (nSPS) is 32.9. The van der Waals surface area contributed by atoms with Gasteiger partial charge >= 0.3 is 0 Å². The fourth-order valence-corrected chi connectivity index (χ4v) is 3.31. The van der Waals surface area contributed by atoms with Gasteiger partial charge in [0.1, 0.15) is 6.10 Å². The molecule has 0 spiro atoms. The molecule has 1 aromatic rings. The van der Waals surface area contributed by atoms with E-state index in [0.717, 1.165) is 5.56 Å². The summed E-state index contributed by atoms with van der Waals surface area (Å²) >= 11 is 0. The van der Waals surface area contributed by atoms with E-state index in [4.69, 9.17) is 19.4 Å². The summed E-state index contributed by atoms with van der Waals surface area (Å²) < 4.78 is 40.3. The maximum absolute atomic E-state index is 12.3. The fraction of sp³-hybridized carbons (Fsp3) is 0.571. The lowest BCUT2D eigenvalue weighted by Gasteiger charge is -2.40. The number of methoxy groups -OCH3 is 1. The summed E-state index contributed by atoms with van der Waals surface area (Å²) in [6.45, 7) is 3.52. The Balaban J connectivity index is 2.24. The van der Waals surface area contributed by atoms with Gasteiger partial charge < -0.3 is 20.3 Å². The van der Waals surface area contributed by atoms with Crippen molar-refractivity contribution in [3.8, 4) is 0 Å². The van der Waals surface area contributed by atoms with Gasteiger partial charge in [-0.05, 0) is 26.0 Å². The van der Waals surface area contributed by atoms with Crippen LogP contribution in [0.25, 0.3) is 0 Å². The Morgan fingerprint density at radius 2 is 1.86 bits per heavy atom. The van der Waals surface area contributed by atoms with Crippen molar-refractivity contribution in [1.29, 1.82) is 0 Å². The van der Waals surface area contributed by atoms with E-state index in [1.807, 2.05) is 6.92 Å². The molecule has 7 nitrogen and oxygen atoms in total. The van der Waals surface area contributed by atoms with Gasteiger partial charge in [0.25, 0.3) is 10.1 Å². The minimum atomic E-state index is -4.07. The third kappa shape index (κ3) is 3.48. The number of nitrogens with two attached hydrogens (primary N) is 1. The van der Waals surface area contributed by atoms with Crippen LogP contribution in [-0.2, 0) is 23.8 Å². The van der Waals surface area contributed by atoms with Gasteiger partial charge in [0.15, 0.2) is 12.4 Å². The Kier molecular flexibility index (Phi) is 5.21. The molecule has 124 valence electrons. The molecule has 1 aliphatic rings. The molecule has 1 aliphatic heterocycles. The van der Waals surface area contributed by atoms with E-state index in [9.17, 15) is 13.5 Å². The van der Waals surface area contributed by atoms with Crippen LogP contribution >= 0.6 is 0 Å². The molecule has 1 fully saturated rings. The van der Waals surface area contributed by atoms with Gasteiger partial charge in [0.2, 0.25) is 0 Å². The molecule has 0 amide bonds. The first-order valence-electron chi connectivity index (χ1n) is 6.88. The summed E-state index contributed by atoms with van der Waals surface area (Å²) in [6.07, 6.45) is -3.97. The zero-order valence-electron chi connectivity index (χ0n) is 12.7. The molecule has 1 heterocycles. The molecule has 5 atom stereocenters. The molecule has 0 aliphatic carbocycles. The van der Waals surface area contributed by atoms with Crippen LogP contribution < -0.4 is 5.73 Å². The summed E-state index contributed by atoms with van der Waals surface area (Å²) in [5.74, 6) is 0. The van der Waals surface area contributed by atoms with E-state index in [1.54, 1.807) is 19.1 Å². The predicted octanol–water partition coefficient (Wildman–Crippen LogP) is 0.148. The number of aliphatic hydroxyl groups is 1.